The first-order valence-electron chi connectivity index (χ1n) is 8.47. The number of nitrogens with zero attached hydrogens (tertiary/aromatic N) is 3. The van der Waals surface area contributed by atoms with Crippen LogP contribution in [0.1, 0.15) is 25.3 Å². The molecule has 0 saturated carbocycles. The largest absolute Gasteiger partial charge is 0.494 e. The molecule has 6 heteroatoms. The molecule has 1 aromatic rings. The van der Waals surface area contributed by atoms with Crippen LogP contribution in [-0.2, 0) is 6.54 Å². The van der Waals surface area contributed by atoms with Crippen LogP contribution >= 0.6 is 24.0 Å². The fraction of sp³-hybridized carbons (Fsp3) is 0.611. The minimum atomic E-state index is 0. The van der Waals surface area contributed by atoms with E-state index in [-0.39, 0.29) is 24.0 Å². The monoisotopic (exact) mass is 446 g/mol. The first-order chi connectivity index (χ1) is 11.1. The van der Waals surface area contributed by atoms with E-state index in [9.17, 15) is 0 Å². The van der Waals surface area contributed by atoms with Gasteiger partial charge in [-0.3, -0.25) is 4.99 Å². The van der Waals surface area contributed by atoms with Crippen molar-refractivity contribution < 1.29 is 4.74 Å². The lowest BCUT2D eigenvalue weighted by molar-refractivity contribution is 0.306. The van der Waals surface area contributed by atoms with Gasteiger partial charge in [0.15, 0.2) is 5.96 Å². The average molecular weight is 446 g/mol. The average Bonchev–Trinajstić information content (AvgIpc) is 2.95. The first kappa shape index (κ1) is 21.0. The number of nitrogens with one attached hydrogen (secondary N) is 1. The zero-order valence-corrected chi connectivity index (χ0v) is 17.6. The highest BCUT2D eigenvalue weighted by Gasteiger charge is 2.21. The molecule has 1 fully saturated rings. The van der Waals surface area contributed by atoms with Gasteiger partial charge in [-0.15, -0.1) is 24.0 Å². The van der Waals surface area contributed by atoms with E-state index in [1.54, 1.807) is 0 Å². The normalized spacial score (nSPS) is 18.2. The van der Waals surface area contributed by atoms with E-state index >= 15 is 0 Å². The molecule has 1 N–H and O–H groups in total. The van der Waals surface area contributed by atoms with Crippen molar-refractivity contribution in [1.82, 2.24) is 15.1 Å². The number of hydrogen-bond acceptors (Lipinski definition) is 3. The minimum Gasteiger partial charge on any atom is -0.494 e. The molecule has 136 valence electrons. The van der Waals surface area contributed by atoms with E-state index in [4.69, 9.17) is 4.74 Å². The summed E-state index contributed by atoms with van der Waals surface area (Å²) in [5.41, 5.74) is 1.25. The number of likely N-dealkylation sites (N-methyl/N-ethyl adjacent to an activating group) is 1. The molecule has 1 saturated heterocycles. The predicted molar refractivity (Wildman–Crippen MR) is 112 cm³/mol. The maximum Gasteiger partial charge on any atom is 0.193 e. The summed E-state index contributed by atoms with van der Waals surface area (Å²) in [6.45, 7) is 5.68. The zero-order chi connectivity index (χ0) is 16.7. The van der Waals surface area contributed by atoms with Crippen molar-refractivity contribution in [3.05, 3.63) is 29.8 Å². The third kappa shape index (κ3) is 6.12. The summed E-state index contributed by atoms with van der Waals surface area (Å²) in [4.78, 5) is 8.99. The summed E-state index contributed by atoms with van der Waals surface area (Å²) < 4.78 is 5.49. The molecule has 1 aliphatic rings. The lowest BCUT2D eigenvalue weighted by atomic mass is 10.2. The van der Waals surface area contributed by atoms with Crippen LogP contribution in [0.5, 0.6) is 5.75 Å². The van der Waals surface area contributed by atoms with Gasteiger partial charge in [0.05, 0.1) is 6.61 Å². The third-order valence-corrected chi connectivity index (χ3v) is 4.39. The molecule has 0 aliphatic carbocycles. The van der Waals surface area contributed by atoms with Gasteiger partial charge in [0.2, 0.25) is 0 Å². The van der Waals surface area contributed by atoms with Crippen molar-refractivity contribution in [2.75, 3.05) is 40.8 Å². The molecule has 0 amide bonds. The molecular formula is C18H31IN4O. The molecule has 1 aromatic carbocycles. The van der Waals surface area contributed by atoms with Gasteiger partial charge in [-0.25, -0.2) is 0 Å². The topological polar surface area (TPSA) is 40.1 Å². The van der Waals surface area contributed by atoms with E-state index in [0.717, 1.165) is 24.8 Å². The molecule has 1 aliphatic heterocycles. The molecule has 2 rings (SSSR count). The Kier molecular flexibility index (Phi) is 9.43. The van der Waals surface area contributed by atoms with Crippen molar-refractivity contribution in [3.8, 4) is 5.75 Å². The smallest absolute Gasteiger partial charge is 0.193 e. The van der Waals surface area contributed by atoms with Gasteiger partial charge in [-0.05, 0) is 51.1 Å². The summed E-state index contributed by atoms with van der Waals surface area (Å²) in [6, 6.07) is 8.89. The maximum absolute atomic E-state index is 5.49. The van der Waals surface area contributed by atoms with Crippen LogP contribution < -0.4 is 10.1 Å². The fourth-order valence-corrected chi connectivity index (χ4v) is 3.04. The molecular weight excluding hydrogens is 415 g/mol. The molecule has 0 spiro atoms. The number of likely N-dealkylation sites (tertiary alicyclic amines) is 1. The molecule has 5 nitrogen and oxygen atoms in total. The highest BCUT2D eigenvalue weighted by atomic mass is 127. The molecule has 1 unspecified atom stereocenters. The van der Waals surface area contributed by atoms with Crippen LogP contribution in [0, 0.1) is 0 Å². The second kappa shape index (κ2) is 10.8. The Morgan fingerprint density at radius 2 is 2.08 bits per heavy atom. The molecule has 0 aromatic heterocycles. The number of hydrogen-bond donors (Lipinski definition) is 1. The Balaban J connectivity index is 0.00000288. The Bertz CT molecular complexity index is 506. The molecule has 1 atom stereocenters. The fourth-order valence-electron chi connectivity index (χ4n) is 3.04. The van der Waals surface area contributed by atoms with E-state index in [1.165, 1.54) is 24.9 Å². The van der Waals surface area contributed by atoms with Gasteiger partial charge in [-0.2, -0.15) is 0 Å². The number of rotatable bonds is 6. The summed E-state index contributed by atoms with van der Waals surface area (Å²) in [7, 11) is 6.12. The van der Waals surface area contributed by atoms with Crippen LogP contribution in [-0.4, -0.2) is 62.6 Å². The van der Waals surface area contributed by atoms with Crippen LogP contribution in [0.3, 0.4) is 0 Å². The lowest BCUT2D eigenvalue weighted by Crippen LogP contribution is -2.44. The maximum atomic E-state index is 5.49. The Morgan fingerprint density at radius 1 is 1.38 bits per heavy atom. The van der Waals surface area contributed by atoms with Crippen molar-refractivity contribution >= 4 is 29.9 Å². The summed E-state index contributed by atoms with van der Waals surface area (Å²) in [5.74, 6) is 1.87. The van der Waals surface area contributed by atoms with Gasteiger partial charge in [0.25, 0.3) is 0 Å². The Hall–Kier alpha value is -1.02. The highest BCUT2D eigenvalue weighted by Crippen LogP contribution is 2.15. The predicted octanol–water partition coefficient (Wildman–Crippen LogP) is 2.80. The van der Waals surface area contributed by atoms with Gasteiger partial charge in [0, 0.05) is 33.2 Å². The zero-order valence-electron chi connectivity index (χ0n) is 15.3. The van der Waals surface area contributed by atoms with Crippen molar-refractivity contribution in [1.29, 1.82) is 0 Å². The van der Waals surface area contributed by atoms with E-state index in [1.807, 2.05) is 26.1 Å². The summed E-state index contributed by atoms with van der Waals surface area (Å²) in [5, 5.41) is 3.50. The molecule has 0 bridgehead atoms. The Labute approximate surface area is 163 Å². The van der Waals surface area contributed by atoms with Crippen molar-refractivity contribution in [2.45, 2.75) is 32.4 Å². The number of guanidine groups is 1. The summed E-state index contributed by atoms with van der Waals surface area (Å²) in [6.07, 6.45) is 2.56. The van der Waals surface area contributed by atoms with Gasteiger partial charge >= 0.3 is 0 Å². The quantitative estimate of drug-likeness (QED) is 0.415. The number of ether oxygens (including phenoxy) is 1. The van der Waals surface area contributed by atoms with E-state index in [0.29, 0.717) is 12.6 Å². The van der Waals surface area contributed by atoms with Crippen LogP contribution in [0.4, 0.5) is 0 Å². The second-order valence-corrected chi connectivity index (χ2v) is 6.14. The number of halogens is 1. The molecule has 0 radical (unpaired) electrons. The van der Waals surface area contributed by atoms with E-state index in [2.05, 4.69) is 46.3 Å². The minimum absolute atomic E-state index is 0. The SMILES string of the molecule is CCOc1ccc(CN(C)C(=NC)NCC2CCCN2C)cc1.I. The van der Waals surface area contributed by atoms with Crippen LogP contribution in [0.2, 0.25) is 0 Å². The third-order valence-electron chi connectivity index (χ3n) is 4.39. The number of aliphatic imine (C=N–C) groups is 1. The van der Waals surface area contributed by atoms with Crippen molar-refractivity contribution in [2.24, 2.45) is 4.99 Å². The van der Waals surface area contributed by atoms with E-state index < -0.39 is 0 Å². The van der Waals surface area contributed by atoms with Gasteiger partial charge in [0.1, 0.15) is 5.75 Å². The lowest BCUT2D eigenvalue weighted by Gasteiger charge is -2.25. The number of benzene rings is 1. The molecule has 1 heterocycles. The van der Waals surface area contributed by atoms with Crippen LogP contribution in [0.25, 0.3) is 0 Å². The van der Waals surface area contributed by atoms with Gasteiger partial charge in [-0.1, -0.05) is 12.1 Å². The second-order valence-electron chi connectivity index (χ2n) is 6.14. The van der Waals surface area contributed by atoms with Crippen LogP contribution in [0.15, 0.2) is 29.3 Å². The van der Waals surface area contributed by atoms with Crippen molar-refractivity contribution in [3.63, 3.8) is 0 Å². The summed E-state index contributed by atoms with van der Waals surface area (Å²) >= 11 is 0. The van der Waals surface area contributed by atoms with Gasteiger partial charge < -0.3 is 19.9 Å². The highest BCUT2D eigenvalue weighted by molar-refractivity contribution is 14.0. The first-order valence-corrected chi connectivity index (χ1v) is 8.47. The standard InChI is InChI=1S/C18H30N4O.HI/c1-5-23-17-10-8-15(9-11-17)14-22(4)18(19-2)20-13-16-7-6-12-21(16)3;/h8-11,16H,5-7,12-14H2,1-4H3,(H,19,20);1H. The Morgan fingerprint density at radius 3 is 2.62 bits per heavy atom. The molecule has 24 heavy (non-hydrogen) atoms.